The first-order chi connectivity index (χ1) is 15.3. The van der Waals surface area contributed by atoms with E-state index in [4.69, 9.17) is 9.47 Å². The van der Waals surface area contributed by atoms with Crippen molar-refractivity contribution >= 4 is 22.1 Å². The van der Waals surface area contributed by atoms with Gasteiger partial charge in [-0.25, -0.2) is 0 Å². The van der Waals surface area contributed by atoms with E-state index in [-0.39, 0.29) is 13.2 Å². The molecule has 0 aromatic heterocycles. The van der Waals surface area contributed by atoms with Crippen LogP contribution in [0.15, 0.2) is 0 Å². The lowest BCUT2D eigenvalue weighted by atomic mass is 10.1. The summed E-state index contributed by atoms with van der Waals surface area (Å²) in [5.41, 5.74) is 0. The van der Waals surface area contributed by atoms with Gasteiger partial charge in [0.2, 0.25) is 0 Å². The first kappa shape index (κ1) is 30.9. The SMILES string of the molecule is CCCCCCCCCCOC(=O)CC(C(=O)OCCCCCCCCCC)S(=O)(=O)O. The van der Waals surface area contributed by atoms with Crippen molar-refractivity contribution < 1.29 is 32.0 Å². The van der Waals surface area contributed by atoms with Crippen molar-refractivity contribution in [3.8, 4) is 0 Å². The molecule has 0 aliphatic heterocycles. The van der Waals surface area contributed by atoms with Gasteiger partial charge < -0.3 is 9.47 Å². The van der Waals surface area contributed by atoms with E-state index < -0.39 is 33.7 Å². The van der Waals surface area contributed by atoms with Crippen LogP contribution in [0.5, 0.6) is 0 Å². The number of unbranched alkanes of at least 4 members (excludes halogenated alkanes) is 14. The second-order valence-corrected chi connectivity index (χ2v) is 10.1. The van der Waals surface area contributed by atoms with Gasteiger partial charge in [0.25, 0.3) is 10.1 Å². The maximum absolute atomic E-state index is 12.1. The Labute approximate surface area is 195 Å². The lowest BCUT2D eigenvalue weighted by Gasteiger charge is -2.13. The maximum atomic E-state index is 12.1. The highest BCUT2D eigenvalue weighted by molar-refractivity contribution is 7.87. The molecule has 0 fully saturated rings. The predicted octanol–water partition coefficient (Wildman–Crippen LogP) is 6.00. The molecule has 1 unspecified atom stereocenters. The molecule has 0 rings (SSSR count). The first-order valence-electron chi connectivity index (χ1n) is 12.6. The molecule has 0 radical (unpaired) electrons. The second-order valence-electron chi connectivity index (χ2n) is 8.55. The monoisotopic (exact) mass is 478 g/mol. The van der Waals surface area contributed by atoms with Crippen molar-refractivity contribution in [2.75, 3.05) is 13.2 Å². The van der Waals surface area contributed by atoms with Crippen LogP contribution in [0.4, 0.5) is 0 Å². The third kappa shape index (κ3) is 18.4. The van der Waals surface area contributed by atoms with Crippen LogP contribution < -0.4 is 0 Å². The Morgan fingerprint density at radius 2 is 1.03 bits per heavy atom. The Morgan fingerprint density at radius 3 is 1.44 bits per heavy atom. The van der Waals surface area contributed by atoms with Crippen LogP contribution in [0.1, 0.15) is 123 Å². The van der Waals surface area contributed by atoms with Crippen LogP contribution in [0, 0.1) is 0 Å². The molecule has 0 aromatic rings. The Morgan fingerprint density at radius 1 is 0.656 bits per heavy atom. The molecule has 0 saturated heterocycles. The van der Waals surface area contributed by atoms with Crippen LogP contribution in [-0.4, -0.2) is 43.4 Å². The molecule has 8 heteroatoms. The minimum absolute atomic E-state index is 0.0765. The number of rotatable bonds is 22. The van der Waals surface area contributed by atoms with Gasteiger partial charge in [0.15, 0.2) is 5.25 Å². The quantitative estimate of drug-likeness (QED) is 0.115. The number of ether oxygens (including phenoxy) is 2. The lowest BCUT2D eigenvalue weighted by molar-refractivity contribution is -0.150. The molecule has 0 spiro atoms. The van der Waals surface area contributed by atoms with Gasteiger partial charge in [-0.3, -0.25) is 14.1 Å². The van der Waals surface area contributed by atoms with Crippen LogP contribution in [0.3, 0.4) is 0 Å². The number of esters is 2. The lowest BCUT2D eigenvalue weighted by Crippen LogP contribution is -2.34. The fourth-order valence-electron chi connectivity index (χ4n) is 3.44. The van der Waals surface area contributed by atoms with E-state index in [1.807, 2.05) is 0 Å². The van der Waals surface area contributed by atoms with E-state index in [1.54, 1.807) is 0 Å². The Balaban J connectivity index is 4.02. The third-order valence-corrected chi connectivity index (χ3v) is 6.56. The molecule has 0 bridgehead atoms. The average Bonchev–Trinajstić information content (AvgIpc) is 2.74. The highest BCUT2D eigenvalue weighted by atomic mass is 32.2. The number of carbonyl (C=O) groups is 2. The summed E-state index contributed by atoms with van der Waals surface area (Å²) in [7, 11) is -4.75. The Hall–Kier alpha value is -1.15. The van der Waals surface area contributed by atoms with E-state index in [0.29, 0.717) is 12.8 Å². The van der Waals surface area contributed by atoms with E-state index in [1.165, 1.54) is 51.4 Å². The van der Waals surface area contributed by atoms with Gasteiger partial charge in [-0.05, 0) is 12.8 Å². The second kappa shape index (κ2) is 20.5. The van der Waals surface area contributed by atoms with Crippen LogP contribution in [0.2, 0.25) is 0 Å². The topological polar surface area (TPSA) is 107 Å². The standard InChI is InChI=1S/C24H46O7S/c1-3-5-7-9-11-13-15-17-19-30-23(25)21-22(32(27,28)29)24(26)31-20-18-16-14-12-10-8-6-4-2/h22H,3-21H2,1-2H3,(H,27,28,29). The smallest absolute Gasteiger partial charge is 0.327 e. The minimum atomic E-state index is -4.75. The molecular weight excluding hydrogens is 432 g/mol. The van der Waals surface area contributed by atoms with Gasteiger partial charge >= 0.3 is 11.9 Å². The van der Waals surface area contributed by atoms with Gasteiger partial charge in [-0.1, -0.05) is 104 Å². The fourth-order valence-corrected chi connectivity index (χ4v) is 4.10. The summed E-state index contributed by atoms with van der Waals surface area (Å²) in [5.74, 6) is -1.92. The van der Waals surface area contributed by atoms with Crippen molar-refractivity contribution in [1.82, 2.24) is 0 Å². The van der Waals surface area contributed by atoms with E-state index >= 15 is 0 Å². The highest BCUT2D eigenvalue weighted by Crippen LogP contribution is 2.12. The molecule has 190 valence electrons. The number of hydrogen-bond donors (Lipinski definition) is 1. The summed E-state index contributed by atoms with van der Waals surface area (Å²) in [4.78, 5) is 24.0. The normalized spacial score (nSPS) is 12.5. The maximum Gasteiger partial charge on any atom is 0.327 e. The zero-order chi connectivity index (χ0) is 24.1. The predicted molar refractivity (Wildman–Crippen MR) is 127 cm³/mol. The van der Waals surface area contributed by atoms with Crippen molar-refractivity contribution in [1.29, 1.82) is 0 Å². The molecule has 1 atom stereocenters. The van der Waals surface area contributed by atoms with Crippen molar-refractivity contribution in [2.24, 2.45) is 0 Å². The minimum Gasteiger partial charge on any atom is -0.466 e. The Kier molecular flexibility index (Phi) is 19.7. The molecular formula is C24H46O7S. The molecule has 7 nitrogen and oxygen atoms in total. The van der Waals surface area contributed by atoms with E-state index in [0.717, 1.165) is 38.5 Å². The summed E-state index contributed by atoms with van der Waals surface area (Å²) in [6.07, 6.45) is 16.6. The summed E-state index contributed by atoms with van der Waals surface area (Å²) in [5, 5.41) is -1.93. The highest BCUT2D eigenvalue weighted by Gasteiger charge is 2.35. The molecule has 0 aromatic carbocycles. The zero-order valence-corrected chi connectivity index (χ0v) is 21.1. The fraction of sp³-hybridized carbons (Fsp3) is 0.917. The molecule has 0 aliphatic carbocycles. The third-order valence-electron chi connectivity index (χ3n) is 5.48. The molecule has 32 heavy (non-hydrogen) atoms. The molecule has 0 heterocycles. The summed E-state index contributed by atoms with van der Waals surface area (Å²) in [6, 6.07) is 0. The van der Waals surface area contributed by atoms with Gasteiger partial charge in [0, 0.05) is 0 Å². The molecule has 0 amide bonds. The molecule has 0 aliphatic rings. The summed E-state index contributed by atoms with van der Waals surface area (Å²) >= 11 is 0. The van der Waals surface area contributed by atoms with E-state index in [9.17, 15) is 22.6 Å². The zero-order valence-electron chi connectivity index (χ0n) is 20.3. The Bertz CT molecular complexity index is 575. The van der Waals surface area contributed by atoms with Crippen LogP contribution >= 0.6 is 0 Å². The van der Waals surface area contributed by atoms with Gasteiger partial charge in [0.05, 0.1) is 19.6 Å². The van der Waals surface area contributed by atoms with Crippen LogP contribution in [-0.2, 0) is 29.2 Å². The summed E-state index contributed by atoms with van der Waals surface area (Å²) in [6.45, 7) is 4.61. The average molecular weight is 479 g/mol. The van der Waals surface area contributed by atoms with Gasteiger partial charge in [-0.15, -0.1) is 0 Å². The number of hydrogen-bond acceptors (Lipinski definition) is 6. The van der Waals surface area contributed by atoms with Crippen LogP contribution in [0.25, 0.3) is 0 Å². The number of carbonyl (C=O) groups excluding carboxylic acids is 2. The van der Waals surface area contributed by atoms with Crippen molar-refractivity contribution in [3.63, 3.8) is 0 Å². The van der Waals surface area contributed by atoms with Crippen molar-refractivity contribution in [3.05, 3.63) is 0 Å². The van der Waals surface area contributed by atoms with E-state index in [2.05, 4.69) is 13.8 Å². The first-order valence-corrected chi connectivity index (χ1v) is 14.1. The summed E-state index contributed by atoms with van der Waals surface area (Å²) < 4.78 is 42.4. The van der Waals surface area contributed by atoms with Crippen molar-refractivity contribution in [2.45, 2.75) is 128 Å². The van der Waals surface area contributed by atoms with Gasteiger partial charge in [0.1, 0.15) is 0 Å². The molecule has 1 N–H and O–H groups in total. The van der Waals surface area contributed by atoms with Gasteiger partial charge in [-0.2, -0.15) is 8.42 Å². The molecule has 0 saturated carbocycles. The largest absolute Gasteiger partial charge is 0.466 e.